The average Bonchev–Trinajstić information content (AvgIpc) is 3.10. The van der Waals surface area contributed by atoms with Gasteiger partial charge in [0.25, 0.3) is 0 Å². The van der Waals surface area contributed by atoms with Crippen LogP contribution in [0.5, 0.6) is 0 Å². The molecule has 22 heavy (non-hydrogen) atoms. The molecule has 0 atom stereocenters. The van der Waals surface area contributed by atoms with Gasteiger partial charge in [-0.25, -0.2) is 4.68 Å². The Morgan fingerprint density at radius 3 is 2.86 bits per heavy atom. The van der Waals surface area contributed by atoms with E-state index in [1.807, 2.05) is 16.8 Å². The highest BCUT2D eigenvalue weighted by Gasteiger charge is 2.23. The maximum absolute atomic E-state index is 5.60. The molecule has 1 aliphatic heterocycles. The zero-order valence-corrected chi connectivity index (χ0v) is 12.7. The summed E-state index contributed by atoms with van der Waals surface area (Å²) in [7, 11) is 0. The number of fused-ring (bicyclic) bond motifs is 1. The van der Waals surface area contributed by atoms with Crippen LogP contribution < -0.4 is 5.32 Å². The molecule has 1 aromatic carbocycles. The lowest BCUT2D eigenvalue weighted by Crippen LogP contribution is -2.08. The van der Waals surface area contributed by atoms with E-state index in [1.165, 1.54) is 24.0 Å². The van der Waals surface area contributed by atoms with E-state index in [0.717, 1.165) is 35.9 Å². The normalized spacial score (nSPS) is 14.2. The molecule has 4 rings (SSSR count). The number of aromatic nitrogens is 2. The van der Waals surface area contributed by atoms with Crippen molar-refractivity contribution in [2.24, 2.45) is 0 Å². The topological polar surface area (TPSA) is 43.0 Å². The Bertz CT molecular complexity index is 787. The second kappa shape index (κ2) is 5.37. The third-order valence-corrected chi connectivity index (χ3v) is 4.23. The minimum absolute atomic E-state index is 0.840. The Labute approximate surface area is 129 Å². The monoisotopic (exact) mass is 293 g/mol. The van der Waals surface area contributed by atoms with Gasteiger partial charge in [-0.2, -0.15) is 5.10 Å². The zero-order chi connectivity index (χ0) is 14.9. The highest BCUT2D eigenvalue weighted by molar-refractivity contribution is 5.68. The third-order valence-electron chi connectivity index (χ3n) is 4.23. The van der Waals surface area contributed by atoms with Crippen LogP contribution in [0.3, 0.4) is 0 Å². The Morgan fingerprint density at radius 2 is 2.05 bits per heavy atom. The van der Waals surface area contributed by atoms with Gasteiger partial charge in [-0.1, -0.05) is 18.2 Å². The number of nitrogens with zero attached hydrogens (tertiary/aromatic N) is 2. The fraction of sp³-hybridized carbons (Fsp3) is 0.278. The van der Waals surface area contributed by atoms with Crippen LogP contribution in [0.1, 0.15) is 24.0 Å². The van der Waals surface area contributed by atoms with E-state index in [4.69, 9.17) is 9.52 Å². The third kappa shape index (κ3) is 2.11. The quantitative estimate of drug-likeness (QED) is 0.770. The highest BCUT2D eigenvalue weighted by Crippen LogP contribution is 2.34. The first-order chi connectivity index (χ1) is 10.8. The number of para-hydroxylation sites is 1. The molecule has 0 spiro atoms. The van der Waals surface area contributed by atoms with Gasteiger partial charge in [-0.15, -0.1) is 0 Å². The number of furan rings is 1. The molecular formula is C18H19N3O. The van der Waals surface area contributed by atoms with E-state index in [9.17, 15) is 0 Å². The molecule has 3 aromatic rings. The number of nitrogens with one attached hydrogen (secondary N) is 1. The van der Waals surface area contributed by atoms with Crippen molar-refractivity contribution < 1.29 is 4.42 Å². The number of aryl methyl sites for hydroxylation is 1. The molecule has 0 aliphatic carbocycles. The van der Waals surface area contributed by atoms with E-state index in [2.05, 4.69) is 36.5 Å². The molecule has 2 aromatic heterocycles. The highest BCUT2D eigenvalue weighted by atomic mass is 16.3. The van der Waals surface area contributed by atoms with Crippen molar-refractivity contribution in [3.8, 4) is 17.1 Å². The van der Waals surface area contributed by atoms with Crippen LogP contribution >= 0.6 is 0 Å². The smallest absolute Gasteiger partial charge is 0.154 e. The molecular weight excluding hydrogens is 274 g/mol. The van der Waals surface area contributed by atoms with Crippen LogP contribution in [0.25, 0.3) is 17.1 Å². The molecule has 4 nitrogen and oxygen atoms in total. The van der Waals surface area contributed by atoms with E-state index in [1.54, 1.807) is 6.26 Å². The second-order valence-electron chi connectivity index (χ2n) is 5.74. The predicted molar refractivity (Wildman–Crippen MR) is 87.4 cm³/mol. The summed E-state index contributed by atoms with van der Waals surface area (Å²) in [6, 6.07) is 12.2. The zero-order valence-electron chi connectivity index (χ0n) is 12.7. The van der Waals surface area contributed by atoms with Gasteiger partial charge in [-0.3, -0.25) is 0 Å². The lowest BCUT2D eigenvalue weighted by atomic mass is 10.1. The Hall–Kier alpha value is -2.49. The largest absolute Gasteiger partial charge is 0.463 e. The van der Waals surface area contributed by atoms with Gasteiger partial charge in [0.2, 0.25) is 0 Å². The first-order valence-corrected chi connectivity index (χ1v) is 7.80. The van der Waals surface area contributed by atoms with Gasteiger partial charge < -0.3 is 9.73 Å². The molecule has 0 unspecified atom stereocenters. The van der Waals surface area contributed by atoms with Crippen molar-refractivity contribution >= 4 is 5.82 Å². The fourth-order valence-electron chi connectivity index (χ4n) is 3.09. The van der Waals surface area contributed by atoms with Crippen molar-refractivity contribution in [2.75, 3.05) is 11.9 Å². The molecule has 112 valence electrons. The standard InChI is InChI=1S/C18H19N3O/c1-13-7-2-3-9-15(13)21-18-14(8-4-5-11-19-18)17(20-21)16-10-6-12-22-16/h2-3,6-7,9-10,12,19H,4-5,8,11H2,1H3. The van der Waals surface area contributed by atoms with Gasteiger partial charge in [0.15, 0.2) is 5.76 Å². The molecule has 4 heteroatoms. The van der Waals surface area contributed by atoms with Gasteiger partial charge in [0.1, 0.15) is 11.5 Å². The summed E-state index contributed by atoms with van der Waals surface area (Å²) < 4.78 is 7.64. The van der Waals surface area contributed by atoms with Gasteiger partial charge in [-0.05, 0) is 49.9 Å². The van der Waals surface area contributed by atoms with Crippen LogP contribution in [-0.2, 0) is 6.42 Å². The van der Waals surface area contributed by atoms with Crippen LogP contribution in [0.2, 0.25) is 0 Å². The van der Waals surface area contributed by atoms with Crippen LogP contribution in [0, 0.1) is 6.92 Å². The summed E-state index contributed by atoms with van der Waals surface area (Å²) in [5, 5.41) is 8.43. The molecule has 0 saturated heterocycles. The molecule has 0 bridgehead atoms. The summed E-state index contributed by atoms with van der Waals surface area (Å²) in [4.78, 5) is 0. The minimum Gasteiger partial charge on any atom is -0.463 e. The average molecular weight is 293 g/mol. The van der Waals surface area contributed by atoms with Crippen molar-refractivity contribution in [3.05, 3.63) is 53.8 Å². The first-order valence-electron chi connectivity index (χ1n) is 7.80. The molecule has 0 amide bonds. The Balaban J connectivity index is 1.94. The van der Waals surface area contributed by atoms with E-state index in [0.29, 0.717) is 0 Å². The number of hydrogen-bond acceptors (Lipinski definition) is 3. The van der Waals surface area contributed by atoms with Crippen molar-refractivity contribution in [1.82, 2.24) is 9.78 Å². The Morgan fingerprint density at radius 1 is 1.14 bits per heavy atom. The summed E-state index contributed by atoms with van der Waals surface area (Å²) in [6.45, 7) is 3.11. The van der Waals surface area contributed by atoms with Crippen molar-refractivity contribution in [2.45, 2.75) is 26.2 Å². The fourth-order valence-corrected chi connectivity index (χ4v) is 3.09. The minimum atomic E-state index is 0.840. The molecule has 3 heterocycles. The van der Waals surface area contributed by atoms with E-state index < -0.39 is 0 Å². The number of anilines is 1. The number of rotatable bonds is 2. The number of hydrogen-bond donors (Lipinski definition) is 1. The maximum Gasteiger partial charge on any atom is 0.154 e. The van der Waals surface area contributed by atoms with E-state index in [-0.39, 0.29) is 0 Å². The predicted octanol–water partition coefficient (Wildman–Crippen LogP) is 4.19. The molecule has 0 fully saturated rings. The first kappa shape index (κ1) is 13.2. The SMILES string of the molecule is Cc1ccccc1-n1nc(-c2ccco2)c2c1NCCCC2. The lowest BCUT2D eigenvalue weighted by Gasteiger charge is -2.11. The molecule has 0 saturated carbocycles. The van der Waals surface area contributed by atoms with Crippen molar-refractivity contribution in [1.29, 1.82) is 0 Å². The summed E-state index contributed by atoms with van der Waals surface area (Å²) in [6.07, 6.45) is 5.09. The van der Waals surface area contributed by atoms with Gasteiger partial charge in [0, 0.05) is 12.1 Å². The van der Waals surface area contributed by atoms with Crippen molar-refractivity contribution in [3.63, 3.8) is 0 Å². The Kier molecular flexibility index (Phi) is 3.22. The maximum atomic E-state index is 5.60. The lowest BCUT2D eigenvalue weighted by molar-refractivity contribution is 0.578. The molecule has 1 aliphatic rings. The van der Waals surface area contributed by atoms with Crippen LogP contribution in [-0.4, -0.2) is 16.3 Å². The summed E-state index contributed by atoms with van der Waals surface area (Å²) in [5.41, 5.74) is 4.55. The van der Waals surface area contributed by atoms with Crippen LogP contribution in [0.4, 0.5) is 5.82 Å². The molecule has 0 radical (unpaired) electrons. The summed E-state index contributed by atoms with van der Waals surface area (Å²) in [5.74, 6) is 1.95. The number of benzene rings is 1. The molecule has 1 N–H and O–H groups in total. The van der Waals surface area contributed by atoms with Crippen LogP contribution in [0.15, 0.2) is 47.1 Å². The summed E-state index contributed by atoms with van der Waals surface area (Å²) >= 11 is 0. The van der Waals surface area contributed by atoms with E-state index >= 15 is 0 Å². The van der Waals surface area contributed by atoms with Gasteiger partial charge in [0.05, 0.1) is 12.0 Å². The second-order valence-corrected chi connectivity index (χ2v) is 5.74. The van der Waals surface area contributed by atoms with Gasteiger partial charge >= 0.3 is 0 Å².